The lowest BCUT2D eigenvalue weighted by Gasteiger charge is -2.11. The van der Waals surface area contributed by atoms with E-state index in [-0.39, 0.29) is 17.5 Å². The van der Waals surface area contributed by atoms with Crippen molar-refractivity contribution < 1.29 is 14.3 Å². The Morgan fingerprint density at radius 3 is 2.31 bits per heavy atom. The number of aromatic nitrogens is 4. The molecule has 0 aliphatic carbocycles. The maximum absolute atomic E-state index is 13.0. The zero-order valence-electron chi connectivity index (χ0n) is 20.5. The van der Waals surface area contributed by atoms with Crippen molar-refractivity contribution in [1.29, 1.82) is 0 Å². The Labute approximate surface area is 214 Å². The van der Waals surface area contributed by atoms with Crippen molar-refractivity contribution in [2.75, 3.05) is 10.6 Å². The molecule has 2 N–H and O–H groups in total. The number of benzene rings is 2. The third-order valence-electron chi connectivity index (χ3n) is 5.84. The van der Waals surface area contributed by atoms with Crippen molar-refractivity contribution in [3.63, 3.8) is 0 Å². The third kappa shape index (κ3) is 5.41. The van der Waals surface area contributed by atoms with Crippen LogP contribution in [0.4, 0.5) is 11.4 Å². The Morgan fingerprint density at radius 1 is 0.972 bits per heavy atom. The average Bonchev–Trinajstić information content (AvgIpc) is 3.42. The van der Waals surface area contributed by atoms with Crippen LogP contribution in [0.5, 0.6) is 5.75 Å². The molecular weight excluding hydrogens is 480 g/mol. The number of carbonyl (C=O) groups is 2. The van der Waals surface area contributed by atoms with Gasteiger partial charge in [-0.1, -0.05) is 23.7 Å². The van der Waals surface area contributed by atoms with Gasteiger partial charge in [0.15, 0.2) is 0 Å². The number of nitrogens with zero attached hydrogens (tertiary/aromatic N) is 4. The first kappa shape index (κ1) is 25.0. The Kier molecular flexibility index (Phi) is 7.40. The zero-order valence-corrected chi connectivity index (χ0v) is 21.3. The third-order valence-corrected chi connectivity index (χ3v) is 6.26. The van der Waals surface area contributed by atoms with Gasteiger partial charge in [0.25, 0.3) is 11.8 Å². The highest BCUT2D eigenvalue weighted by Gasteiger charge is 2.21. The second-order valence-electron chi connectivity index (χ2n) is 8.29. The summed E-state index contributed by atoms with van der Waals surface area (Å²) >= 11 is 6.06. The molecule has 0 unspecified atom stereocenters. The minimum absolute atomic E-state index is 0.261. The van der Waals surface area contributed by atoms with Crippen molar-refractivity contribution in [1.82, 2.24) is 19.6 Å². The van der Waals surface area contributed by atoms with Crippen molar-refractivity contribution in [3.8, 4) is 5.75 Å². The lowest BCUT2D eigenvalue weighted by molar-refractivity contribution is 0.101. The average molecular weight is 507 g/mol. The first-order valence-corrected chi connectivity index (χ1v) is 11.8. The highest BCUT2D eigenvalue weighted by Crippen LogP contribution is 2.23. The molecule has 2 amide bonds. The Bertz CT molecular complexity index is 1410. The second-order valence-corrected chi connectivity index (χ2v) is 8.70. The monoisotopic (exact) mass is 506 g/mol. The molecule has 0 aliphatic heterocycles. The van der Waals surface area contributed by atoms with E-state index in [9.17, 15) is 9.59 Å². The number of hydrogen-bond donors (Lipinski definition) is 2. The standard InChI is InChI=1S/C26H27ClN6O3/c1-5-33-24(26(35)30-22-13-28-32(4)17(22)3)23(14-29-33)31-25(34)19-8-6-18(7-9-19)15-36-20-10-11-21(27)16(2)12-20/h6-14H,5,15H2,1-4H3,(H,30,35)(H,31,34). The summed E-state index contributed by atoms with van der Waals surface area (Å²) in [6.45, 7) is 6.46. The van der Waals surface area contributed by atoms with E-state index in [1.54, 1.807) is 36.1 Å². The van der Waals surface area contributed by atoms with Crippen LogP contribution in [0.3, 0.4) is 0 Å². The molecule has 186 valence electrons. The van der Waals surface area contributed by atoms with E-state index < -0.39 is 0 Å². The van der Waals surface area contributed by atoms with Gasteiger partial charge in [0, 0.05) is 24.2 Å². The summed E-state index contributed by atoms with van der Waals surface area (Å²) in [6, 6.07) is 12.6. The summed E-state index contributed by atoms with van der Waals surface area (Å²) in [5, 5.41) is 14.7. The van der Waals surface area contributed by atoms with Gasteiger partial charge in [0.05, 0.1) is 29.5 Å². The number of aryl methyl sites for hydroxylation is 3. The van der Waals surface area contributed by atoms with Crippen LogP contribution in [-0.2, 0) is 20.2 Å². The lowest BCUT2D eigenvalue weighted by Crippen LogP contribution is -2.21. The van der Waals surface area contributed by atoms with Crippen LogP contribution in [0.25, 0.3) is 0 Å². The van der Waals surface area contributed by atoms with Gasteiger partial charge in [-0.05, 0) is 62.2 Å². The summed E-state index contributed by atoms with van der Waals surface area (Å²) in [5.41, 5.74) is 4.28. The molecule has 0 saturated heterocycles. The minimum Gasteiger partial charge on any atom is -0.489 e. The molecule has 4 rings (SSSR count). The van der Waals surface area contributed by atoms with Crippen LogP contribution >= 0.6 is 11.6 Å². The largest absolute Gasteiger partial charge is 0.489 e. The summed E-state index contributed by atoms with van der Waals surface area (Å²) < 4.78 is 9.02. The van der Waals surface area contributed by atoms with E-state index >= 15 is 0 Å². The summed E-state index contributed by atoms with van der Waals surface area (Å²) in [7, 11) is 1.79. The fraction of sp³-hybridized carbons (Fsp3) is 0.231. The number of hydrogen-bond acceptors (Lipinski definition) is 5. The van der Waals surface area contributed by atoms with E-state index in [1.807, 2.05) is 45.0 Å². The molecule has 0 spiro atoms. The molecule has 0 atom stereocenters. The van der Waals surface area contributed by atoms with E-state index in [1.165, 1.54) is 10.9 Å². The summed E-state index contributed by atoms with van der Waals surface area (Å²) in [6.07, 6.45) is 3.06. The van der Waals surface area contributed by atoms with Gasteiger partial charge < -0.3 is 15.4 Å². The van der Waals surface area contributed by atoms with Crippen LogP contribution in [0, 0.1) is 13.8 Å². The highest BCUT2D eigenvalue weighted by atomic mass is 35.5. The van der Waals surface area contributed by atoms with Crippen LogP contribution < -0.4 is 15.4 Å². The summed E-state index contributed by atoms with van der Waals surface area (Å²) in [4.78, 5) is 26.0. The van der Waals surface area contributed by atoms with Crippen LogP contribution in [0.1, 0.15) is 44.6 Å². The molecule has 0 saturated carbocycles. The number of carbonyl (C=O) groups excluding carboxylic acids is 2. The Hall–Kier alpha value is -4.11. The first-order valence-electron chi connectivity index (χ1n) is 11.4. The van der Waals surface area contributed by atoms with Crippen LogP contribution in [0.15, 0.2) is 54.9 Å². The van der Waals surface area contributed by atoms with Gasteiger partial charge in [0.1, 0.15) is 18.1 Å². The highest BCUT2D eigenvalue weighted by molar-refractivity contribution is 6.31. The maximum atomic E-state index is 13.0. The zero-order chi connectivity index (χ0) is 25.8. The number of anilines is 2. The molecule has 2 aromatic carbocycles. The molecule has 36 heavy (non-hydrogen) atoms. The fourth-order valence-corrected chi connectivity index (χ4v) is 3.70. The number of halogens is 1. The lowest BCUT2D eigenvalue weighted by atomic mass is 10.1. The maximum Gasteiger partial charge on any atom is 0.276 e. The quantitative estimate of drug-likeness (QED) is 0.350. The van der Waals surface area contributed by atoms with Crippen LogP contribution in [0.2, 0.25) is 5.02 Å². The number of rotatable bonds is 8. The molecule has 10 heteroatoms. The number of nitrogens with one attached hydrogen (secondary N) is 2. The van der Waals surface area contributed by atoms with Crippen molar-refractivity contribution >= 4 is 34.8 Å². The summed E-state index contributed by atoms with van der Waals surface area (Å²) in [5.74, 6) is -0.0114. The number of amides is 2. The molecule has 0 aliphatic rings. The number of ether oxygens (including phenoxy) is 1. The molecule has 4 aromatic rings. The van der Waals surface area contributed by atoms with E-state index in [0.717, 1.165) is 22.6 Å². The molecule has 2 aromatic heterocycles. The minimum atomic E-state index is -0.384. The van der Waals surface area contributed by atoms with E-state index in [2.05, 4.69) is 20.8 Å². The normalized spacial score (nSPS) is 10.8. The topological polar surface area (TPSA) is 103 Å². The Morgan fingerprint density at radius 2 is 1.67 bits per heavy atom. The predicted octanol–water partition coefficient (Wildman–Crippen LogP) is 4.99. The van der Waals surface area contributed by atoms with Gasteiger partial charge in [-0.3, -0.25) is 19.0 Å². The molecule has 0 bridgehead atoms. The second kappa shape index (κ2) is 10.7. The predicted molar refractivity (Wildman–Crippen MR) is 139 cm³/mol. The molecule has 0 fully saturated rings. The van der Waals surface area contributed by atoms with Gasteiger partial charge in [0.2, 0.25) is 0 Å². The van der Waals surface area contributed by atoms with Gasteiger partial charge in [-0.2, -0.15) is 10.2 Å². The molecule has 0 radical (unpaired) electrons. The molecule has 9 nitrogen and oxygen atoms in total. The van der Waals surface area contributed by atoms with E-state index in [0.29, 0.717) is 35.1 Å². The smallest absolute Gasteiger partial charge is 0.276 e. The van der Waals surface area contributed by atoms with Gasteiger partial charge >= 0.3 is 0 Å². The molecule has 2 heterocycles. The SMILES string of the molecule is CCn1ncc(NC(=O)c2ccc(COc3ccc(Cl)c(C)c3)cc2)c1C(=O)Nc1cnn(C)c1C. The van der Waals surface area contributed by atoms with Crippen molar-refractivity contribution in [3.05, 3.63) is 88.0 Å². The Balaban J connectivity index is 1.43. The van der Waals surface area contributed by atoms with E-state index in [4.69, 9.17) is 16.3 Å². The van der Waals surface area contributed by atoms with Crippen LogP contribution in [-0.4, -0.2) is 31.4 Å². The van der Waals surface area contributed by atoms with Gasteiger partial charge in [-0.25, -0.2) is 0 Å². The fourth-order valence-electron chi connectivity index (χ4n) is 3.58. The van der Waals surface area contributed by atoms with Crippen molar-refractivity contribution in [2.24, 2.45) is 7.05 Å². The molecular formula is C26H27ClN6O3. The van der Waals surface area contributed by atoms with Crippen molar-refractivity contribution in [2.45, 2.75) is 33.9 Å². The first-order chi connectivity index (χ1) is 17.3. The van der Waals surface area contributed by atoms with Gasteiger partial charge in [-0.15, -0.1) is 0 Å².